The maximum atomic E-state index is 8.84. The van der Waals surface area contributed by atoms with Crippen LogP contribution in [-0.4, -0.2) is 30.9 Å². The number of para-hydroxylation sites is 1. The fourth-order valence-corrected chi connectivity index (χ4v) is 1.55. The first-order valence-corrected chi connectivity index (χ1v) is 5.68. The standard InChI is InChI=1S/C13H21NO2.ClH/c1-10-5-4-6-11(2)13(10)16-8-7-14-12(3)9-15;/h4-6,12,14-15H,7-9H2,1-3H3;1H. The van der Waals surface area contributed by atoms with Crippen LogP contribution >= 0.6 is 12.4 Å². The van der Waals surface area contributed by atoms with E-state index in [-0.39, 0.29) is 25.1 Å². The number of ether oxygens (including phenoxy) is 1. The van der Waals surface area contributed by atoms with Crippen molar-refractivity contribution in [2.24, 2.45) is 0 Å². The molecule has 1 aromatic carbocycles. The van der Waals surface area contributed by atoms with Crippen LogP contribution in [-0.2, 0) is 0 Å². The number of aliphatic hydroxyl groups excluding tert-OH is 1. The average molecular weight is 260 g/mol. The van der Waals surface area contributed by atoms with Gasteiger partial charge in [-0.1, -0.05) is 18.2 Å². The summed E-state index contributed by atoms with van der Waals surface area (Å²) in [6.45, 7) is 7.56. The maximum Gasteiger partial charge on any atom is 0.125 e. The largest absolute Gasteiger partial charge is 0.492 e. The molecule has 2 N–H and O–H groups in total. The normalized spacial score (nSPS) is 11.8. The first-order valence-electron chi connectivity index (χ1n) is 5.68. The Morgan fingerprint density at radius 1 is 1.29 bits per heavy atom. The van der Waals surface area contributed by atoms with E-state index in [1.807, 2.05) is 39.0 Å². The van der Waals surface area contributed by atoms with Crippen molar-refractivity contribution in [3.8, 4) is 5.75 Å². The Hall–Kier alpha value is -0.770. The Bertz CT molecular complexity index is 311. The third kappa shape index (κ3) is 5.39. The van der Waals surface area contributed by atoms with Gasteiger partial charge in [-0.05, 0) is 31.9 Å². The van der Waals surface area contributed by atoms with Crippen LogP contribution in [0.4, 0.5) is 0 Å². The summed E-state index contributed by atoms with van der Waals surface area (Å²) in [6.07, 6.45) is 0. The lowest BCUT2D eigenvalue weighted by molar-refractivity contribution is 0.238. The van der Waals surface area contributed by atoms with Gasteiger partial charge in [0.2, 0.25) is 0 Å². The van der Waals surface area contributed by atoms with Crippen molar-refractivity contribution < 1.29 is 9.84 Å². The molecular formula is C13H22ClNO2. The highest BCUT2D eigenvalue weighted by molar-refractivity contribution is 5.85. The number of hydrogen-bond acceptors (Lipinski definition) is 3. The van der Waals surface area contributed by atoms with Crippen LogP contribution in [0.5, 0.6) is 5.75 Å². The van der Waals surface area contributed by atoms with Crippen molar-refractivity contribution in [2.75, 3.05) is 19.8 Å². The molecule has 0 saturated heterocycles. The Labute approximate surface area is 110 Å². The highest BCUT2D eigenvalue weighted by Crippen LogP contribution is 2.21. The Morgan fingerprint density at radius 2 is 1.88 bits per heavy atom. The lowest BCUT2D eigenvalue weighted by Gasteiger charge is -2.14. The van der Waals surface area contributed by atoms with E-state index in [4.69, 9.17) is 9.84 Å². The van der Waals surface area contributed by atoms with E-state index in [1.165, 1.54) is 0 Å². The van der Waals surface area contributed by atoms with Gasteiger partial charge < -0.3 is 15.2 Å². The minimum Gasteiger partial charge on any atom is -0.492 e. The number of benzene rings is 1. The molecule has 0 aliphatic carbocycles. The van der Waals surface area contributed by atoms with E-state index >= 15 is 0 Å². The van der Waals surface area contributed by atoms with Crippen LogP contribution < -0.4 is 10.1 Å². The van der Waals surface area contributed by atoms with Crippen molar-refractivity contribution in [2.45, 2.75) is 26.8 Å². The summed E-state index contributed by atoms with van der Waals surface area (Å²) < 4.78 is 5.72. The van der Waals surface area contributed by atoms with Gasteiger partial charge >= 0.3 is 0 Å². The number of aliphatic hydroxyl groups is 1. The van der Waals surface area contributed by atoms with Gasteiger partial charge in [-0.15, -0.1) is 12.4 Å². The van der Waals surface area contributed by atoms with Gasteiger partial charge in [-0.2, -0.15) is 0 Å². The molecule has 0 heterocycles. The van der Waals surface area contributed by atoms with Crippen LogP contribution in [0.15, 0.2) is 18.2 Å². The Balaban J connectivity index is 0.00000256. The molecule has 0 aliphatic rings. The molecule has 0 radical (unpaired) electrons. The highest BCUT2D eigenvalue weighted by atomic mass is 35.5. The molecule has 0 fully saturated rings. The first kappa shape index (κ1) is 16.2. The summed E-state index contributed by atoms with van der Waals surface area (Å²) in [5.74, 6) is 0.973. The second kappa shape index (κ2) is 8.34. The minimum absolute atomic E-state index is 0. The summed E-state index contributed by atoms with van der Waals surface area (Å²) in [7, 11) is 0. The SMILES string of the molecule is Cc1cccc(C)c1OCCNC(C)CO.Cl. The molecule has 1 aromatic rings. The summed E-state index contributed by atoms with van der Waals surface area (Å²) in [6, 6.07) is 6.25. The van der Waals surface area contributed by atoms with Crippen molar-refractivity contribution in [1.29, 1.82) is 0 Å². The molecule has 0 aliphatic heterocycles. The van der Waals surface area contributed by atoms with Crippen LogP contribution in [0.2, 0.25) is 0 Å². The summed E-state index contributed by atoms with van der Waals surface area (Å²) in [5, 5.41) is 12.0. The maximum absolute atomic E-state index is 8.84. The fraction of sp³-hybridized carbons (Fsp3) is 0.538. The van der Waals surface area contributed by atoms with Gasteiger partial charge in [0, 0.05) is 12.6 Å². The molecule has 17 heavy (non-hydrogen) atoms. The zero-order valence-electron chi connectivity index (χ0n) is 10.7. The smallest absolute Gasteiger partial charge is 0.125 e. The van der Waals surface area contributed by atoms with Crippen molar-refractivity contribution in [3.05, 3.63) is 29.3 Å². The summed E-state index contributed by atoms with van der Waals surface area (Å²) >= 11 is 0. The third-order valence-corrected chi connectivity index (χ3v) is 2.52. The number of aryl methyl sites for hydroxylation is 2. The predicted molar refractivity (Wildman–Crippen MR) is 73.2 cm³/mol. The minimum atomic E-state index is 0. The molecule has 0 spiro atoms. The fourth-order valence-electron chi connectivity index (χ4n) is 1.55. The third-order valence-electron chi connectivity index (χ3n) is 2.52. The predicted octanol–water partition coefficient (Wildman–Crippen LogP) is 2.07. The summed E-state index contributed by atoms with van der Waals surface area (Å²) in [5.41, 5.74) is 2.32. The topological polar surface area (TPSA) is 41.5 Å². The number of rotatable bonds is 6. The number of nitrogens with one attached hydrogen (secondary N) is 1. The van der Waals surface area contributed by atoms with E-state index in [0.29, 0.717) is 6.61 Å². The van der Waals surface area contributed by atoms with Gasteiger partial charge in [-0.3, -0.25) is 0 Å². The molecule has 4 heteroatoms. The first-order chi connectivity index (χ1) is 7.65. The zero-order chi connectivity index (χ0) is 12.0. The van der Waals surface area contributed by atoms with Gasteiger partial charge in [-0.25, -0.2) is 0 Å². The molecule has 1 unspecified atom stereocenters. The van der Waals surface area contributed by atoms with Crippen LogP contribution in [0, 0.1) is 13.8 Å². The van der Waals surface area contributed by atoms with Crippen LogP contribution in [0.1, 0.15) is 18.1 Å². The molecule has 3 nitrogen and oxygen atoms in total. The number of halogens is 1. The van der Waals surface area contributed by atoms with E-state index in [9.17, 15) is 0 Å². The zero-order valence-corrected chi connectivity index (χ0v) is 11.5. The van der Waals surface area contributed by atoms with Crippen LogP contribution in [0.3, 0.4) is 0 Å². The second-order valence-electron chi connectivity index (χ2n) is 4.11. The van der Waals surface area contributed by atoms with Crippen molar-refractivity contribution in [1.82, 2.24) is 5.32 Å². The van der Waals surface area contributed by atoms with Crippen molar-refractivity contribution in [3.63, 3.8) is 0 Å². The number of hydrogen-bond donors (Lipinski definition) is 2. The van der Waals surface area contributed by atoms with E-state index in [0.717, 1.165) is 23.4 Å². The molecule has 1 atom stereocenters. The van der Waals surface area contributed by atoms with E-state index in [1.54, 1.807) is 0 Å². The lowest BCUT2D eigenvalue weighted by Crippen LogP contribution is -2.32. The highest BCUT2D eigenvalue weighted by Gasteiger charge is 2.03. The summed E-state index contributed by atoms with van der Waals surface area (Å²) in [4.78, 5) is 0. The molecule has 0 amide bonds. The molecular weight excluding hydrogens is 238 g/mol. The van der Waals surface area contributed by atoms with E-state index < -0.39 is 0 Å². The van der Waals surface area contributed by atoms with Gasteiger partial charge in [0.25, 0.3) is 0 Å². The van der Waals surface area contributed by atoms with Crippen LogP contribution in [0.25, 0.3) is 0 Å². The lowest BCUT2D eigenvalue weighted by atomic mass is 10.1. The molecule has 98 valence electrons. The van der Waals surface area contributed by atoms with Gasteiger partial charge in [0.1, 0.15) is 12.4 Å². The Kier molecular flexibility index (Phi) is 7.96. The molecule has 1 rings (SSSR count). The molecule has 0 saturated carbocycles. The average Bonchev–Trinajstić information content (AvgIpc) is 2.27. The molecule has 0 bridgehead atoms. The second-order valence-corrected chi connectivity index (χ2v) is 4.11. The van der Waals surface area contributed by atoms with Gasteiger partial charge in [0.15, 0.2) is 0 Å². The van der Waals surface area contributed by atoms with Crippen molar-refractivity contribution >= 4 is 12.4 Å². The monoisotopic (exact) mass is 259 g/mol. The molecule has 0 aromatic heterocycles. The Morgan fingerprint density at radius 3 is 2.41 bits per heavy atom. The van der Waals surface area contributed by atoms with Gasteiger partial charge in [0.05, 0.1) is 6.61 Å². The van der Waals surface area contributed by atoms with E-state index in [2.05, 4.69) is 5.32 Å². The quantitative estimate of drug-likeness (QED) is 0.769.